The lowest BCUT2D eigenvalue weighted by atomic mass is 9.84. The van der Waals surface area contributed by atoms with Gasteiger partial charge in [0.1, 0.15) is 5.01 Å². The van der Waals surface area contributed by atoms with E-state index in [0.717, 1.165) is 45.6 Å². The number of carboxylic acids is 1. The van der Waals surface area contributed by atoms with Gasteiger partial charge >= 0.3 is 12.1 Å². The summed E-state index contributed by atoms with van der Waals surface area (Å²) >= 11 is 1.72. The Bertz CT molecular complexity index is 701. The van der Waals surface area contributed by atoms with E-state index in [0.29, 0.717) is 18.2 Å². The van der Waals surface area contributed by atoms with Crippen LogP contribution >= 0.6 is 11.3 Å². The number of aromatic nitrogens is 1. The molecular formula is C18H24F3N3O4S. The third-order valence-electron chi connectivity index (χ3n) is 5.41. The van der Waals surface area contributed by atoms with Crippen LogP contribution in [0.3, 0.4) is 0 Å². The van der Waals surface area contributed by atoms with Crippen molar-refractivity contribution in [2.75, 3.05) is 26.2 Å². The van der Waals surface area contributed by atoms with Crippen LogP contribution in [0.2, 0.25) is 0 Å². The molecule has 3 saturated heterocycles. The molecule has 0 aliphatic carbocycles. The minimum atomic E-state index is -5.08. The summed E-state index contributed by atoms with van der Waals surface area (Å²) in [6.45, 7) is 4.65. The molecule has 1 amide bonds. The fourth-order valence-electron chi connectivity index (χ4n) is 4.21. The molecule has 3 fully saturated rings. The quantitative estimate of drug-likeness (QED) is 0.785. The third-order valence-corrected chi connectivity index (χ3v) is 6.17. The number of carbonyl (C=O) groups is 2. The van der Waals surface area contributed by atoms with Crippen molar-refractivity contribution in [2.45, 2.75) is 50.6 Å². The number of ether oxygens (including phenoxy) is 1. The number of halogens is 3. The fourth-order valence-corrected chi connectivity index (χ4v) is 4.87. The number of likely N-dealkylation sites (tertiary alicyclic amines) is 2. The lowest BCUT2D eigenvalue weighted by molar-refractivity contribution is -0.192. The molecule has 0 aromatic carbocycles. The van der Waals surface area contributed by atoms with Crippen molar-refractivity contribution < 1.29 is 32.6 Å². The number of nitrogens with zero attached hydrogens (tertiary/aromatic N) is 3. The van der Waals surface area contributed by atoms with Gasteiger partial charge in [-0.05, 0) is 25.2 Å². The lowest BCUT2D eigenvalue weighted by Gasteiger charge is -2.48. The van der Waals surface area contributed by atoms with Crippen molar-refractivity contribution in [1.29, 1.82) is 0 Å². The molecule has 7 nitrogen and oxygen atoms in total. The molecule has 0 saturated carbocycles. The Morgan fingerprint density at radius 1 is 1.34 bits per heavy atom. The summed E-state index contributed by atoms with van der Waals surface area (Å²) in [7, 11) is 0. The van der Waals surface area contributed by atoms with E-state index in [1.54, 1.807) is 11.3 Å². The molecule has 1 aromatic heterocycles. The summed E-state index contributed by atoms with van der Waals surface area (Å²) in [4.78, 5) is 30.1. The zero-order chi connectivity index (χ0) is 21.0. The monoisotopic (exact) mass is 435 g/mol. The molecule has 1 aromatic rings. The van der Waals surface area contributed by atoms with Gasteiger partial charge in [0.2, 0.25) is 5.91 Å². The van der Waals surface area contributed by atoms with Crippen molar-refractivity contribution in [1.82, 2.24) is 14.8 Å². The van der Waals surface area contributed by atoms with E-state index < -0.39 is 12.1 Å². The van der Waals surface area contributed by atoms with E-state index in [1.807, 2.05) is 11.6 Å². The predicted octanol–water partition coefficient (Wildman–Crippen LogP) is 2.38. The van der Waals surface area contributed by atoms with Crippen LogP contribution in [0.5, 0.6) is 0 Å². The SMILES string of the molecule is O=C(O)C(F)(F)F.O=C1CCCN1[C@@H]1CN(Cc2nccs2)C[C@@H]2CCCO[C@@H]21. The van der Waals surface area contributed by atoms with Crippen molar-refractivity contribution in [3.8, 4) is 0 Å². The summed E-state index contributed by atoms with van der Waals surface area (Å²) in [6, 6.07) is 0.231. The molecule has 29 heavy (non-hydrogen) atoms. The molecule has 0 unspecified atom stereocenters. The van der Waals surface area contributed by atoms with Crippen LogP contribution in [0.4, 0.5) is 13.2 Å². The van der Waals surface area contributed by atoms with Gasteiger partial charge in [0, 0.05) is 44.2 Å². The van der Waals surface area contributed by atoms with Crippen molar-refractivity contribution in [3.05, 3.63) is 16.6 Å². The predicted molar refractivity (Wildman–Crippen MR) is 98.3 cm³/mol. The zero-order valence-corrected chi connectivity index (χ0v) is 16.6. The number of hydrogen-bond donors (Lipinski definition) is 1. The Labute approximate surface area is 170 Å². The number of rotatable bonds is 3. The summed E-state index contributed by atoms with van der Waals surface area (Å²) in [6.07, 6.45) is 1.10. The molecule has 4 heterocycles. The van der Waals surface area contributed by atoms with E-state index in [1.165, 1.54) is 11.4 Å². The van der Waals surface area contributed by atoms with Gasteiger partial charge in [-0.3, -0.25) is 9.69 Å². The van der Waals surface area contributed by atoms with E-state index in [2.05, 4.69) is 14.8 Å². The average molecular weight is 435 g/mol. The second-order valence-corrected chi connectivity index (χ2v) is 8.40. The molecule has 11 heteroatoms. The summed E-state index contributed by atoms with van der Waals surface area (Å²) in [5.74, 6) is -1.89. The Morgan fingerprint density at radius 3 is 2.69 bits per heavy atom. The van der Waals surface area contributed by atoms with Crippen molar-refractivity contribution in [2.24, 2.45) is 5.92 Å². The maximum absolute atomic E-state index is 12.2. The highest BCUT2D eigenvalue weighted by molar-refractivity contribution is 7.09. The summed E-state index contributed by atoms with van der Waals surface area (Å²) in [5.41, 5.74) is 0. The number of amides is 1. The van der Waals surface area contributed by atoms with Crippen molar-refractivity contribution in [3.63, 3.8) is 0 Å². The van der Waals surface area contributed by atoms with Gasteiger partial charge in [0.15, 0.2) is 0 Å². The van der Waals surface area contributed by atoms with Crippen LogP contribution in [0.1, 0.15) is 30.7 Å². The largest absolute Gasteiger partial charge is 0.490 e. The maximum Gasteiger partial charge on any atom is 0.490 e. The first-order valence-electron chi connectivity index (χ1n) is 9.57. The molecule has 162 valence electrons. The first-order chi connectivity index (χ1) is 13.8. The van der Waals surface area contributed by atoms with Crippen molar-refractivity contribution >= 4 is 23.2 Å². The molecule has 0 spiro atoms. The van der Waals surface area contributed by atoms with Crippen LogP contribution in [-0.2, 0) is 20.9 Å². The van der Waals surface area contributed by atoms with Crippen LogP contribution in [-0.4, -0.2) is 76.3 Å². The first-order valence-corrected chi connectivity index (χ1v) is 10.5. The van der Waals surface area contributed by atoms with E-state index in [4.69, 9.17) is 14.6 Å². The van der Waals surface area contributed by atoms with E-state index in [9.17, 15) is 18.0 Å². The molecule has 3 aliphatic heterocycles. The van der Waals surface area contributed by atoms with E-state index in [-0.39, 0.29) is 12.1 Å². The summed E-state index contributed by atoms with van der Waals surface area (Å²) in [5, 5.41) is 10.3. The van der Waals surface area contributed by atoms with Crippen LogP contribution in [0, 0.1) is 5.92 Å². The van der Waals surface area contributed by atoms with Crippen LogP contribution in [0.15, 0.2) is 11.6 Å². The molecular weight excluding hydrogens is 411 g/mol. The molecule has 3 atom stereocenters. The molecule has 3 aliphatic rings. The number of alkyl halides is 3. The van der Waals surface area contributed by atoms with Gasteiger partial charge in [-0.2, -0.15) is 13.2 Å². The number of carboxylic acid groups (broad SMARTS) is 1. The molecule has 4 rings (SSSR count). The van der Waals surface area contributed by atoms with Gasteiger partial charge < -0.3 is 14.7 Å². The number of fused-ring (bicyclic) bond motifs is 1. The second-order valence-electron chi connectivity index (χ2n) is 7.42. The van der Waals surface area contributed by atoms with Gasteiger partial charge in [0.25, 0.3) is 0 Å². The maximum atomic E-state index is 12.2. The number of aliphatic carboxylic acids is 1. The molecule has 1 N–H and O–H groups in total. The highest BCUT2D eigenvalue weighted by atomic mass is 32.1. The third kappa shape index (κ3) is 5.67. The minimum Gasteiger partial charge on any atom is -0.475 e. The molecule has 0 bridgehead atoms. The zero-order valence-electron chi connectivity index (χ0n) is 15.8. The average Bonchev–Trinajstić information content (AvgIpc) is 3.32. The number of piperidine rings is 1. The van der Waals surface area contributed by atoms with Gasteiger partial charge in [0.05, 0.1) is 18.7 Å². The highest BCUT2D eigenvalue weighted by Crippen LogP contribution is 2.33. The lowest BCUT2D eigenvalue weighted by Crippen LogP contribution is -2.61. The molecule has 0 radical (unpaired) electrons. The number of carbonyl (C=O) groups excluding carboxylic acids is 1. The standard InChI is InChI=1S/C16H23N3O2S.C2HF3O2/c20-15-4-1-6-19(15)13-10-18(11-14-17-5-8-22-14)9-12-3-2-7-21-16(12)13;3-2(4,5)1(6)7/h5,8,12-13,16H,1-4,6-7,9-11H2;(H,6,7)/t12-,13+,16-;/m0./s1. The van der Waals surface area contributed by atoms with Gasteiger partial charge in [-0.1, -0.05) is 0 Å². The topological polar surface area (TPSA) is 83.0 Å². The first kappa shape index (κ1) is 22.0. The Kier molecular flexibility index (Phi) is 7.12. The minimum absolute atomic E-state index is 0.231. The van der Waals surface area contributed by atoms with Gasteiger partial charge in [-0.15, -0.1) is 11.3 Å². The number of hydrogen-bond acceptors (Lipinski definition) is 6. The van der Waals surface area contributed by atoms with Crippen LogP contribution < -0.4 is 0 Å². The Morgan fingerprint density at radius 2 is 2.10 bits per heavy atom. The Balaban J connectivity index is 0.000000298. The van der Waals surface area contributed by atoms with Gasteiger partial charge in [-0.25, -0.2) is 9.78 Å². The second kappa shape index (κ2) is 9.40. The number of thiazole rings is 1. The fraction of sp³-hybridized carbons (Fsp3) is 0.722. The Hall–Kier alpha value is -1.72. The summed E-state index contributed by atoms with van der Waals surface area (Å²) < 4.78 is 37.8. The van der Waals surface area contributed by atoms with E-state index >= 15 is 0 Å². The smallest absolute Gasteiger partial charge is 0.475 e. The highest BCUT2D eigenvalue weighted by Gasteiger charge is 2.44. The van der Waals surface area contributed by atoms with Crippen LogP contribution in [0.25, 0.3) is 0 Å². The normalized spacial score (nSPS) is 27.9.